The molecule has 3 rings (SSSR count). The second-order valence-electron chi connectivity index (χ2n) is 11.6. The summed E-state index contributed by atoms with van der Waals surface area (Å²) in [6, 6.07) is 7.25. The number of nitrogens with one attached hydrogen (secondary N) is 3. The number of aldehydes is 1. The molecule has 1 saturated carbocycles. The first-order valence-corrected chi connectivity index (χ1v) is 16.2. The molecule has 1 aromatic rings. The Morgan fingerprint density at radius 2 is 1.51 bits per heavy atom. The number of benzene rings is 1. The van der Waals surface area contributed by atoms with E-state index < -0.39 is 0 Å². The molecule has 0 bridgehead atoms. The van der Waals surface area contributed by atoms with E-state index in [2.05, 4.69) is 16.0 Å². The Hall–Kier alpha value is -3.64. The topological polar surface area (TPSA) is 160 Å². The summed E-state index contributed by atoms with van der Waals surface area (Å²) in [5.41, 5.74) is 1.60. The molecule has 45 heavy (non-hydrogen) atoms. The number of likely N-dealkylation sites (tertiary alicyclic amines) is 1. The highest BCUT2D eigenvalue weighted by Crippen LogP contribution is 2.29. The zero-order valence-electron chi connectivity index (χ0n) is 26.2. The highest BCUT2D eigenvalue weighted by Gasteiger charge is 2.29. The molecule has 1 saturated heterocycles. The molecule has 1 unspecified atom stereocenters. The van der Waals surface area contributed by atoms with E-state index in [1.165, 1.54) is 17.7 Å². The largest absolute Gasteiger partial charge is 0.379 e. The van der Waals surface area contributed by atoms with Gasteiger partial charge >= 0.3 is 0 Å². The van der Waals surface area contributed by atoms with Crippen LogP contribution in [-0.2, 0) is 44.7 Å². The molecule has 2 aliphatic rings. The van der Waals surface area contributed by atoms with Gasteiger partial charge in [0.1, 0.15) is 6.29 Å². The van der Waals surface area contributed by atoms with Gasteiger partial charge in [0.25, 0.3) is 0 Å². The van der Waals surface area contributed by atoms with Crippen molar-refractivity contribution in [2.75, 3.05) is 51.4 Å². The van der Waals surface area contributed by atoms with Crippen molar-refractivity contribution in [2.24, 2.45) is 11.8 Å². The van der Waals surface area contributed by atoms with Crippen molar-refractivity contribution in [2.45, 2.75) is 77.0 Å². The molecule has 1 atom stereocenters. The number of hydrogen-bond donors (Lipinski definition) is 3. The summed E-state index contributed by atoms with van der Waals surface area (Å²) in [5, 5.41) is 8.29. The van der Waals surface area contributed by atoms with Gasteiger partial charge in [-0.25, -0.2) is 0 Å². The van der Waals surface area contributed by atoms with E-state index in [0.29, 0.717) is 51.4 Å². The van der Waals surface area contributed by atoms with Gasteiger partial charge in [-0.2, -0.15) is 0 Å². The van der Waals surface area contributed by atoms with Gasteiger partial charge in [0.15, 0.2) is 0 Å². The maximum atomic E-state index is 12.3. The maximum absolute atomic E-state index is 12.3. The maximum Gasteiger partial charge on any atom is 0.230 e. The van der Waals surface area contributed by atoms with Crippen LogP contribution in [0, 0.1) is 11.8 Å². The van der Waals surface area contributed by atoms with Crippen molar-refractivity contribution in [1.29, 1.82) is 0 Å². The lowest BCUT2D eigenvalue weighted by Crippen LogP contribution is -2.47. The summed E-state index contributed by atoms with van der Waals surface area (Å²) >= 11 is 0. The van der Waals surface area contributed by atoms with E-state index >= 15 is 0 Å². The Balaban J connectivity index is 1.12. The number of nitrogens with zero attached hydrogens (tertiary/aromatic N) is 1. The van der Waals surface area contributed by atoms with E-state index in [-0.39, 0.29) is 80.2 Å². The number of β-lactam (4-membered cyclic amide) rings is 1. The molecule has 1 aliphatic carbocycles. The fourth-order valence-corrected chi connectivity index (χ4v) is 5.45. The summed E-state index contributed by atoms with van der Waals surface area (Å²) in [6.07, 6.45) is 9.30. The molecule has 1 aliphatic heterocycles. The van der Waals surface area contributed by atoms with Crippen molar-refractivity contribution in [3.05, 3.63) is 29.8 Å². The Morgan fingerprint density at radius 3 is 2.16 bits per heavy atom. The second-order valence-corrected chi connectivity index (χ2v) is 11.6. The third-order valence-electron chi connectivity index (χ3n) is 8.21. The minimum atomic E-state index is -0.250. The molecule has 0 spiro atoms. The number of aryl methyl sites for hydroxylation is 1. The second kappa shape index (κ2) is 20.4. The molecule has 5 amide bonds. The van der Waals surface area contributed by atoms with Crippen LogP contribution < -0.4 is 16.0 Å². The monoisotopic (exact) mass is 628 g/mol. The van der Waals surface area contributed by atoms with E-state index in [4.69, 9.17) is 9.47 Å². The van der Waals surface area contributed by atoms with E-state index in [9.17, 15) is 28.8 Å². The summed E-state index contributed by atoms with van der Waals surface area (Å²) < 4.78 is 10.9. The first kappa shape index (κ1) is 35.8. The number of ether oxygens (including phenoxy) is 2. The van der Waals surface area contributed by atoms with Crippen molar-refractivity contribution >= 4 is 41.5 Å². The molecule has 12 nitrogen and oxygen atoms in total. The average molecular weight is 629 g/mol. The van der Waals surface area contributed by atoms with Gasteiger partial charge in [-0.05, 0) is 42.9 Å². The zero-order valence-corrected chi connectivity index (χ0v) is 26.2. The minimum absolute atomic E-state index is 0.113. The fourth-order valence-electron chi connectivity index (χ4n) is 5.45. The minimum Gasteiger partial charge on any atom is -0.379 e. The van der Waals surface area contributed by atoms with Crippen LogP contribution in [-0.4, -0.2) is 86.8 Å². The lowest BCUT2D eigenvalue weighted by Gasteiger charge is -2.28. The summed E-state index contributed by atoms with van der Waals surface area (Å²) in [6.45, 7) is 2.24. The van der Waals surface area contributed by atoms with Gasteiger partial charge in [-0.15, -0.1) is 0 Å². The van der Waals surface area contributed by atoms with E-state index in [1.807, 2.05) is 12.1 Å². The van der Waals surface area contributed by atoms with Crippen LogP contribution in [0.4, 0.5) is 5.69 Å². The molecular formula is C33H48N4O8. The molecule has 2 fully saturated rings. The zero-order chi connectivity index (χ0) is 32.3. The van der Waals surface area contributed by atoms with Gasteiger partial charge in [0, 0.05) is 56.9 Å². The number of imide groups is 1. The average Bonchev–Trinajstić information content (AvgIpc) is 3.31. The third kappa shape index (κ3) is 13.9. The number of anilines is 1. The van der Waals surface area contributed by atoms with Crippen molar-refractivity contribution < 1.29 is 38.2 Å². The van der Waals surface area contributed by atoms with Crippen molar-refractivity contribution in [1.82, 2.24) is 15.5 Å². The predicted molar refractivity (Wildman–Crippen MR) is 167 cm³/mol. The Morgan fingerprint density at radius 1 is 0.822 bits per heavy atom. The molecule has 12 heteroatoms. The van der Waals surface area contributed by atoms with Crippen LogP contribution in [0.5, 0.6) is 0 Å². The number of hydrogen-bond acceptors (Lipinski definition) is 8. The molecule has 1 heterocycles. The van der Waals surface area contributed by atoms with Crippen molar-refractivity contribution in [3.8, 4) is 0 Å². The van der Waals surface area contributed by atoms with E-state index in [1.54, 1.807) is 12.1 Å². The lowest BCUT2D eigenvalue weighted by molar-refractivity contribution is -0.152. The SMILES string of the molecule is O=CC(CC(=O)NCCC(=O)NCCOCCOCCC(=O)Nc1ccc(CCC(=O)N2CCC2=O)cc1)C1CCCCCC1. The Labute approximate surface area is 265 Å². The first-order valence-electron chi connectivity index (χ1n) is 16.2. The van der Waals surface area contributed by atoms with E-state index in [0.717, 1.165) is 37.5 Å². The molecule has 0 radical (unpaired) electrons. The van der Waals surface area contributed by atoms with Gasteiger partial charge in [-0.3, -0.25) is 28.9 Å². The molecule has 0 aromatic heterocycles. The highest BCUT2D eigenvalue weighted by molar-refractivity contribution is 5.99. The number of amides is 5. The molecule has 3 N–H and O–H groups in total. The molecular weight excluding hydrogens is 580 g/mol. The smallest absolute Gasteiger partial charge is 0.230 e. The van der Waals surface area contributed by atoms with Crippen LogP contribution in [0.1, 0.15) is 76.2 Å². The van der Waals surface area contributed by atoms with Crippen molar-refractivity contribution in [3.63, 3.8) is 0 Å². The quantitative estimate of drug-likeness (QED) is 0.0860. The standard InChI is InChI=1S/C33H48N4O8/c38-24-27(26-5-3-1-2-4-6-26)23-31(41)34-16-13-29(39)35-17-20-45-22-21-44-19-15-30(40)36-28-10-7-25(8-11-28)9-12-32(42)37-18-14-33(37)43/h7-8,10-11,24,26-27H,1-6,9,12-23H2,(H,34,41)(H,35,39)(H,36,40). The number of carbonyl (C=O) groups is 6. The molecule has 1 aromatic carbocycles. The molecule has 248 valence electrons. The van der Waals surface area contributed by atoms with Gasteiger partial charge in [0.2, 0.25) is 29.5 Å². The number of carbonyl (C=O) groups excluding carboxylic acids is 6. The van der Waals surface area contributed by atoms with Crippen LogP contribution in [0.2, 0.25) is 0 Å². The summed E-state index contributed by atoms with van der Waals surface area (Å²) in [5.74, 6) is -0.804. The van der Waals surface area contributed by atoms with Crippen LogP contribution >= 0.6 is 0 Å². The summed E-state index contributed by atoms with van der Waals surface area (Å²) in [4.78, 5) is 72.6. The predicted octanol–water partition coefficient (Wildman–Crippen LogP) is 2.54. The normalized spacial score (nSPS) is 15.8. The fraction of sp³-hybridized carbons (Fsp3) is 0.636. The van der Waals surface area contributed by atoms with Gasteiger partial charge in [0.05, 0.1) is 32.8 Å². The first-order chi connectivity index (χ1) is 21.9. The third-order valence-corrected chi connectivity index (χ3v) is 8.21. The van der Waals surface area contributed by atoms with Crippen LogP contribution in [0.3, 0.4) is 0 Å². The highest BCUT2D eigenvalue weighted by atomic mass is 16.5. The summed E-state index contributed by atoms with van der Waals surface area (Å²) in [7, 11) is 0. The number of rotatable bonds is 20. The van der Waals surface area contributed by atoms with Gasteiger partial charge < -0.3 is 30.2 Å². The van der Waals surface area contributed by atoms with Crippen LogP contribution in [0.15, 0.2) is 24.3 Å². The van der Waals surface area contributed by atoms with Crippen LogP contribution in [0.25, 0.3) is 0 Å². The Kier molecular flexibility index (Phi) is 16.2. The lowest BCUT2D eigenvalue weighted by atomic mass is 9.85. The Bertz CT molecular complexity index is 1120. The van der Waals surface area contributed by atoms with Gasteiger partial charge in [-0.1, -0.05) is 37.8 Å².